The third-order valence-corrected chi connectivity index (χ3v) is 7.80. The first kappa shape index (κ1) is 26.8. The first-order valence-electron chi connectivity index (χ1n) is 12.8. The van der Waals surface area contributed by atoms with Crippen molar-refractivity contribution in [1.29, 1.82) is 0 Å². The average Bonchev–Trinajstić information content (AvgIpc) is 3.28. The van der Waals surface area contributed by atoms with E-state index in [0.29, 0.717) is 33.4 Å². The molecule has 0 bridgehead atoms. The van der Waals surface area contributed by atoms with Crippen molar-refractivity contribution in [1.82, 2.24) is 20.4 Å². The van der Waals surface area contributed by atoms with Crippen LogP contribution in [0.2, 0.25) is 10.0 Å². The second kappa shape index (κ2) is 11.1. The molecule has 0 unspecified atom stereocenters. The van der Waals surface area contributed by atoms with E-state index in [1.807, 2.05) is 67.6 Å². The highest BCUT2D eigenvalue weighted by atomic mass is 35.5. The van der Waals surface area contributed by atoms with Gasteiger partial charge in [-0.2, -0.15) is 0 Å². The minimum absolute atomic E-state index is 0.132. The van der Waals surface area contributed by atoms with Gasteiger partial charge in [0.05, 0.1) is 29.9 Å². The minimum Gasteiger partial charge on any atom is -0.343 e. The van der Waals surface area contributed by atoms with E-state index in [0.717, 1.165) is 11.1 Å². The van der Waals surface area contributed by atoms with Crippen molar-refractivity contribution in [2.24, 2.45) is 0 Å². The molecule has 2 aliphatic heterocycles. The number of rotatable bonds is 7. The number of carbonyl (C=O) groups is 3. The lowest BCUT2D eigenvalue weighted by Gasteiger charge is -2.33. The summed E-state index contributed by atoms with van der Waals surface area (Å²) in [6.45, 7) is 4.05. The number of nitrogens with zero attached hydrogens (tertiary/aromatic N) is 2. The Morgan fingerprint density at radius 2 is 1.62 bits per heavy atom. The van der Waals surface area contributed by atoms with Gasteiger partial charge < -0.3 is 15.5 Å². The van der Waals surface area contributed by atoms with E-state index in [-0.39, 0.29) is 24.4 Å². The van der Waals surface area contributed by atoms with Crippen LogP contribution in [-0.4, -0.2) is 46.8 Å². The number of hydrogen-bond acceptors (Lipinski definition) is 3. The van der Waals surface area contributed by atoms with Crippen molar-refractivity contribution in [2.75, 3.05) is 13.1 Å². The Balaban J connectivity index is 1.44. The molecular formula is C30H28Cl2N4O3. The van der Waals surface area contributed by atoms with Crippen LogP contribution in [0.1, 0.15) is 42.6 Å². The summed E-state index contributed by atoms with van der Waals surface area (Å²) in [5.74, 6) is -0.623. The number of amides is 4. The van der Waals surface area contributed by atoms with Crippen LogP contribution in [-0.2, 0) is 9.59 Å². The van der Waals surface area contributed by atoms with Crippen LogP contribution in [0.5, 0.6) is 0 Å². The normalized spacial score (nSPS) is 17.8. The van der Waals surface area contributed by atoms with E-state index < -0.39 is 18.1 Å². The SMILES string of the molecule is CCN1C(=O)N[C@H](c2ccc(Cl)cc2Cl)C2=C1CN([C@@H](C)C(=O)NC(c1ccccc1)c1ccccc1)C2=O. The summed E-state index contributed by atoms with van der Waals surface area (Å²) in [5.41, 5.74) is 3.41. The Hall–Kier alpha value is -3.81. The standard InChI is InChI=1S/C30H28Cl2N4O3/c1-3-35-24-17-36(29(38)25(24)27(34-30(35)39)22-15-14-21(31)16-23(22)32)18(2)28(37)33-26(19-10-6-4-7-11-19)20-12-8-5-9-13-20/h4-16,18,26-27H,3,17H2,1-2H3,(H,33,37)(H,34,39)/t18-,27+/m0/s1. The summed E-state index contributed by atoms with van der Waals surface area (Å²) in [7, 11) is 0. The van der Waals surface area contributed by atoms with E-state index in [1.165, 1.54) is 9.80 Å². The van der Waals surface area contributed by atoms with Crippen molar-refractivity contribution in [3.63, 3.8) is 0 Å². The number of urea groups is 1. The number of carbonyl (C=O) groups excluding carboxylic acids is 3. The molecule has 0 aromatic heterocycles. The zero-order valence-electron chi connectivity index (χ0n) is 21.5. The third-order valence-electron chi connectivity index (χ3n) is 7.24. The third kappa shape index (κ3) is 5.12. The average molecular weight is 563 g/mol. The maximum absolute atomic E-state index is 13.9. The summed E-state index contributed by atoms with van der Waals surface area (Å²) < 4.78 is 0. The second-order valence-electron chi connectivity index (χ2n) is 9.52. The molecule has 5 rings (SSSR count). The fraction of sp³-hybridized carbons (Fsp3) is 0.233. The molecule has 0 saturated carbocycles. The van der Waals surface area contributed by atoms with E-state index in [2.05, 4.69) is 10.6 Å². The molecule has 0 spiro atoms. The predicted molar refractivity (Wildman–Crippen MR) is 151 cm³/mol. The highest BCUT2D eigenvalue weighted by Crippen LogP contribution is 2.39. The summed E-state index contributed by atoms with van der Waals surface area (Å²) in [4.78, 5) is 43.6. The van der Waals surface area contributed by atoms with Gasteiger partial charge in [-0.25, -0.2) is 4.79 Å². The molecule has 2 atom stereocenters. The Morgan fingerprint density at radius 3 is 2.18 bits per heavy atom. The lowest BCUT2D eigenvalue weighted by Crippen LogP contribution is -2.48. The summed E-state index contributed by atoms with van der Waals surface area (Å²) in [5, 5.41) is 6.84. The van der Waals surface area contributed by atoms with E-state index >= 15 is 0 Å². The molecule has 2 N–H and O–H groups in total. The van der Waals surface area contributed by atoms with E-state index in [9.17, 15) is 14.4 Å². The predicted octanol–water partition coefficient (Wildman–Crippen LogP) is 5.47. The van der Waals surface area contributed by atoms with Crippen LogP contribution in [0.3, 0.4) is 0 Å². The number of benzene rings is 3. The summed E-state index contributed by atoms with van der Waals surface area (Å²) >= 11 is 12.6. The summed E-state index contributed by atoms with van der Waals surface area (Å²) in [6.07, 6.45) is 0. The van der Waals surface area contributed by atoms with Crippen molar-refractivity contribution in [2.45, 2.75) is 32.0 Å². The van der Waals surface area contributed by atoms with Crippen LogP contribution in [0, 0.1) is 0 Å². The van der Waals surface area contributed by atoms with Gasteiger partial charge in [0.25, 0.3) is 5.91 Å². The summed E-state index contributed by atoms with van der Waals surface area (Å²) in [6, 6.07) is 22.1. The van der Waals surface area contributed by atoms with E-state index in [1.54, 1.807) is 25.1 Å². The molecule has 3 aromatic rings. The molecular weight excluding hydrogens is 535 g/mol. The van der Waals surface area contributed by atoms with Gasteiger partial charge in [0.15, 0.2) is 0 Å². The van der Waals surface area contributed by atoms with Crippen molar-refractivity contribution in [3.05, 3.63) is 117 Å². The molecule has 0 radical (unpaired) electrons. The van der Waals surface area contributed by atoms with Crippen LogP contribution in [0.25, 0.3) is 0 Å². The van der Waals surface area contributed by atoms with Gasteiger partial charge >= 0.3 is 6.03 Å². The second-order valence-corrected chi connectivity index (χ2v) is 10.4. The minimum atomic E-state index is -0.798. The molecule has 0 saturated heterocycles. The van der Waals surface area contributed by atoms with Crippen molar-refractivity contribution in [3.8, 4) is 0 Å². The monoisotopic (exact) mass is 562 g/mol. The largest absolute Gasteiger partial charge is 0.343 e. The fourth-order valence-electron chi connectivity index (χ4n) is 5.18. The molecule has 3 aromatic carbocycles. The first-order valence-corrected chi connectivity index (χ1v) is 13.5. The van der Waals surface area contributed by atoms with Gasteiger partial charge in [-0.3, -0.25) is 14.5 Å². The number of likely N-dealkylation sites (N-methyl/N-ethyl adjacent to an activating group) is 1. The molecule has 2 heterocycles. The lowest BCUT2D eigenvalue weighted by atomic mass is 9.95. The molecule has 0 fully saturated rings. The fourth-order valence-corrected chi connectivity index (χ4v) is 5.70. The zero-order chi connectivity index (χ0) is 27.7. The molecule has 9 heteroatoms. The topological polar surface area (TPSA) is 81.8 Å². The Morgan fingerprint density at radius 1 is 1.00 bits per heavy atom. The van der Waals surface area contributed by atoms with Gasteiger partial charge in [0, 0.05) is 16.6 Å². The molecule has 2 aliphatic rings. The number of hydrogen-bond donors (Lipinski definition) is 2. The number of nitrogens with one attached hydrogen (secondary N) is 2. The Labute approximate surface area is 237 Å². The van der Waals surface area contributed by atoms with E-state index in [4.69, 9.17) is 23.2 Å². The smallest absolute Gasteiger partial charge is 0.322 e. The first-order chi connectivity index (χ1) is 18.8. The molecule has 7 nitrogen and oxygen atoms in total. The van der Waals surface area contributed by atoms with Crippen molar-refractivity contribution >= 4 is 41.0 Å². The van der Waals surface area contributed by atoms with Crippen molar-refractivity contribution < 1.29 is 14.4 Å². The van der Waals surface area contributed by atoms with Gasteiger partial charge in [0.1, 0.15) is 6.04 Å². The van der Waals surface area contributed by atoms with Gasteiger partial charge in [-0.05, 0) is 42.7 Å². The molecule has 0 aliphatic carbocycles. The van der Waals surface area contributed by atoms with Gasteiger partial charge in [-0.1, -0.05) is 89.9 Å². The highest BCUT2D eigenvalue weighted by molar-refractivity contribution is 6.35. The maximum Gasteiger partial charge on any atom is 0.322 e. The molecule has 4 amide bonds. The van der Waals surface area contributed by atoms with Crippen LogP contribution in [0.4, 0.5) is 4.79 Å². The molecule has 200 valence electrons. The quantitative estimate of drug-likeness (QED) is 0.400. The molecule has 39 heavy (non-hydrogen) atoms. The van der Waals surface area contributed by atoms with Crippen LogP contribution >= 0.6 is 23.2 Å². The Kier molecular flexibility index (Phi) is 7.64. The lowest BCUT2D eigenvalue weighted by molar-refractivity contribution is -0.136. The van der Waals surface area contributed by atoms with Crippen LogP contribution < -0.4 is 10.6 Å². The Bertz CT molecular complexity index is 1410. The zero-order valence-corrected chi connectivity index (χ0v) is 23.0. The maximum atomic E-state index is 13.9. The van der Waals surface area contributed by atoms with Crippen LogP contribution in [0.15, 0.2) is 90.1 Å². The van der Waals surface area contributed by atoms with Gasteiger partial charge in [-0.15, -0.1) is 0 Å². The highest BCUT2D eigenvalue weighted by Gasteiger charge is 2.46. The number of halogens is 2. The van der Waals surface area contributed by atoms with Gasteiger partial charge in [0.2, 0.25) is 5.91 Å².